The van der Waals surface area contributed by atoms with Crippen molar-refractivity contribution in [2.24, 2.45) is 5.73 Å². The zero-order valence-corrected chi connectivity index (χ0v) is 9.60. The SMILES string of the molecule is NC(CN1CCCCC1)c1ccc(O)cc1. The van der Waals surface area contributed by atoms with E-state index < -0.39 is 0 Å². The summed E-state index contributed by atoms with van der Waals surface area (Å²) in [5.41, 5.74) is 7.25. The van der Waals surface area contributed by atoms with Gasteiger partial charge in [-0.25, -0.2) is 0 Å². The minimum Gasteiger partial charge on any atom is -0.508 e. The number of phenolic OH excluding ortho intramolecular Hbond substituents is 1. The Bertz CT molecular complexity index is 317. The summed E-state index contributed by atoms with van der Waals surface area (Å²) in [6.45, 7) is 3.27. The molecule has 16 heavy (non-hydrogen) atoms. The standard InChI is InChI=1S/C13H20N2O/c14-13(10-15-8-2-1-3-9-15)11-4-6-12(16)7-5-11/h4-7,13,16H,1-3,8-10,14H2. The number of aromatic hydroxyl groups is 1. The van der Waals surface area contributed by atoms with E-state index in [1.807, 2.05) is 12.1 Å². The summed E-state index contributed by atoms with van der Waals surface area (Å²) >= 11 is 0. The van der Waals surface area contributed by atoms with E-state index in [2.05, 4.69) is 4.90 Å². The molecule has 1 atom stereocenters. The maximum Gasteiger partial charge on any atom is 0.115 e. The molecule has 1 saturated heterocycles. The molecule has 0 aromatic heterocycles. The van der Waals surface area contributed by atoms with Gasteiger partial charge in [-0.1, -0.05) is 18.6 Å². The Labute approximate surface area is 96.9 Å². The second kappa shape index (κ2) is 5.32. The summed E-state index contributed by atoms with van der Waals surface area (Å²) in [6.07, 6.45) is 3.94. The van der Waals surface area contributed by atoms with E-state index in [1.165, 1.54) is 32.4 Å². The van der Waals surface area contributed by atoms with Gasteiger partial charge >= 0.3 is 0 Å². The van der Waals surface area contributed by atoms with E-state index >= 15 is 0 Å². The summed E-state index contributed by atoms with van der Waals surface area (Å²) in [7, 11) is 0. The molecule has 1 aromatic rings. The lowest BCUT2D eigenvalue weighted by atomic mass is 10.1. The van der Waals surface area contributed by atoms with Gasteiger partial charge in [-0.3, -0.25) is 0 Å². The van der Waals surface area contributed by atoms with Crippen LogP contribution in [0.1, 0.15) is 30.9 Å². The monoisotopic (exact) mass is 220 g/mol. The number of piperidine rings is 1. The average Bonchev–Trinajstić information content (AvgIpc) is 2.31. The minimum absolute atomic E-state index is 0.0544. The van der Waals surface area contributed by atoms with Crippen LogP contribution in [-0.2, 0) is 0 Å². The van der Waals surface area contributed by atoms with Gasteiger partial charge in [0.25, 0.3) is 0 Å². The van der Waals surface area contributed by atoms with Crippen molar-refractivity contribution in [3.05, 3.63) is 29.8 Å². The Balaban J connectivity index is 1.91. The lowest BCUT2D eigenvalue weighted by Crippen LogP contribution is -2.36. The molecule has 1 aromatic carbocycles. The second-order valence-electron chi connectivity index (χ2n) is 4.56. The fraction of sp³-hybridized carbons (Fsp3) is 0.538. The Morgan fingerprint density at radius 3 is 2.38 bits per heavy atom. The van der Waals surface area contributed by atoms with E-state index in [1.54, 1.807) is 12.1 Å². The van der Waals surface area contributed by atoms with E-state index in [0.717, 1.165) is 12.1 Å². The summed E-state index contributed by atoms with van der Waals surface area (Å²) in [5.74, 6) is 0.300. The molecule has 88 valence electrons. The Morgan fingerprint density at radius 1 is 1.12 bits per heavy atom. The third-order valence-corrected chi connectivity index (χ3v) is 3.22. The van der Waals surface area contributed by atoms with Crippen LogP contribution in [-0.4, -0.2) is 29.6 Å². The molecule has 1 fully saturated rings. The first-order valence-corrected chi connectivity index (χ1v) is 6.02. The van der Waals surface area contributed by atoms with E-state index in [0.29, 0.717) is 5.75 Å². The quantitative estimate of drug-likeness (QED) is 0.817. The zero-order valence-electron chi connectivity index (χ0n) is 9.60. The molecule has 2 rings (SSSR count). The van der Waals surface area contributed by atoms with Crippen LogP contribution in [0.4, 0.5) is 0 Å². The highest BCUT2D eigenvalue weighted by Crippen LogP contribution is 2.17. The van der Waals surface area contributed by atoms with Crippen LogP contribution in [0.5, 0.6) is 5.75 Å². The smallest absolute Gasteiger partial charge is 0.115 e. The molecule has 0 amide bonds. The van der Waals surface area contributed by atoms with Gasteiger partial charge in [-0.2, -0.15) is 0 Å². The van der Waals surface area contributed by atoms with Gasteiger partial charge < -0.3 is 15.7 Å². The van der Waals surface area contributed by atoms with Crippen molar-refractivity contribution < 1.29 is 5.11 Å². The molecule has 0 bridgehead atoms. The third kappa shape index (κ3) is 2.97. The zero-order chi connectivity index (χ0) is 11.4. The molecular formula is C13H20N2O. The molecule has 3 heteroatoms. The van der Waals surface area contributed by atoms with Crippen molar-refractivity contribution in [1.82, 2.24) is 4.90 Å². The molecule has 1 aliphatic heterocycles. The van der Waals surface area contributed by atoms with Crippen molar-refractivity contribution in [2.75, 3.05) is 19.6 Å². The second-order valence-corrected chi connectivity index (χ2v) is 4.56. The lowest BCUT2D eigenvalue weighted by molar-refractivity contribution is 0.216. The number of nitrogens with two attached hydrogens (primary N) is 1. The number of benzene rings is 1. The molecule has 3 N–H and O–H groups in total. The minimum atomic E-state index is 0.0544. The number of hydrogen-bond donors (Lipinski definition) is 2. The lowest BCUT2D eigenvalue weighted by Gasteiger charge is -2.29. The van der Waals surface area contributed by atoms with Crippen LogP contribution in [0.15, 0.2) is 24.3 Å². The van der Waals surface area contributed by atoms with Crippen LogP contribution in [0.2, 0.25) is 0 Å². The van der Waals surface area contributed by atoms with E-state index in [9.17, 15) is 5.11 Å². The van der Waals surface area contributed by atoms with Gasteiger partial charge in [0.05, 0.1) is 0 Å². The number of likely N-dealkylation sites (tertiary alicyclic amines) is 1. The molecule has 0 aliphatic carbocycles. The molecule has 1 aliphatic rings. The van der Waals surface area contributed by atoms with E-state index in [4.69, 9.17) is 5.73 Å². The van der Waals surface area contributed by atoms with Gasteiger partial charge in [0, 0.05) is 12.6 Å². The van der Waals surface area contributed by atoms with Crippen LogP contribution in [0.25, 0.3) is 0 Å². The molecular weight excluding hydrogens is 200 g/mol. The van der Waals surface area contributed by atoms with Crippen LogP contribution in [0.3, 0.4) is 0 Å². The van der Waals surface area contributed by atoms with Crippen LogP contribution >= 0.6 is 0 Å². The van der Waals surface area contributed by atoms with E-state index in [-0.39, 0.29) is 6.04 Å². The third-order valence-electron chi connectivity index (χ3n) is 3.22. The summed E-state index contributed by atoms with van der Waals surface area (Å²) in [5, 5.41) is 9.21. The van der Waals surface area contributed by atoms with Gasteiger partial charge in [0.2, 0.25) is 0 Å². The Hall–Kier alpha value is -1.06. The summed E-state index contributed by atoms with van der Waals surface area (Å²) in [6, 6.07) is 7.27. The largest absolute Gasteiger partial charge is 0.508 e. The van der Waals surface area contributed by atoms with Crippen molar-refractivity contribution >= 4 is 0 Å². The average molecular weight is 220 g/mol. The van der Waals surface area contributed by atoms with Crippen molar-refractivity contribution in [3.8, 4) is 5.75 Å². The first-order valence-electron chi connectivity index (χ1n) is 6.02. The number of rotatable bonds is 3. The first-order chi connectivity index (χ1) is 7.75. The van der Waals surface area contributed by atoms with Gasteiger partial charge in [0.15, 0.2) is 0 Å². The highest BCUT2D eigenvalue weighted by atomic mass is 16.3. The van der Waals surface area contributed by atoms with Crippen LogP contribution in [0, 0.1) is 0 Å². The maximum atomic E-state index is 9.21. The highest BCUT2D eigenvalue weighted by molar-refractivity contribution is 5.27. The fourth-order valence-corrected chi connectivity index (χ4v) is 2.25. The van der Waals surface area contributed by atoms with Crippen LogP contribution < -0.4 is 5.73 Å². The molecule has 1 unspecified atom stereocenters. The molecule has 1 heterocycles. The Kier molecular flexibility index (Phi) is 3.80. The molecule has 3 nitrogen and oxygen atoms in total. The highest BCUT2D eigenvalue weighted by Gasteiger charge is 2.14. The summed E-state index contributed by atoms with van der Waals surface area (Å²) < 4.78 is 0. The normalized spacial score (nSPS) is 19.6. The number of phenols is 1. The van der Waals surface area contributed by atoms with Gasteiger partial charge in [0.1, 0.15) is 5.75 Å². The van der Waals surface area contributed by atoms with Crippen molar-refractivity contribution in [1.29, 1.82) is 0 Å². The molecule has 0 saturated carbocycles. The van der Waals surface area contributed by atoms with Crippen molar-refractivity contribution in [3.63, 3.8) is 0 Å². The number of nitrogens with zero attached hydrogens (tertiary/aromatic N) is 1. The van der Waals surface area contributed by atoms with Gasteiger partial charge in [-0.05, 0) is 43.6 Å². The maximum absolute atomic E-state index is 9.21. The number of hydrogen-bond acceptors (Lipinski definition) is 3. The Morgan fingerprint density at radius 2 is 1.75 bits per heavy atom. The fourth-order valence-electron chi connectivity index (χ4n) is 2.25. The molecule has 0 radical (unpaired) electrons. The first kappa shape index (κ1) is 11.4. The molecule has 0 spiro atoms. The van der Waals surface area contributed by atoms with Gasteiger partial charge in [-0.15, -0.1) is 0 Å². The van der Waals surface area contributed by atoms with Crippen molar-refractivity contribution in [2.45, 2.75) is 25.3 Å². The topological polar surface area (TPSA) is 49.5 Å². The predicted molar refractivity (Wildman–Crippen MR) is 65.3 cm³/mol. The summed E-state index contributed by atoms with van der Waals surface area (Å²) in [4.78, 5) is 2.43. The predicted octanol–water partition coefficient (Wildman–Crippen LogP) is 1.88.